The van der Waals surface area contributed by atoms with Crippen molar-refractivity contribution in [1.82, 2.24) is 0 Å². The van der Waals surface area contributed by atoms with Gasteiger partial charge in [-0.05, 0) is 189 Å². The van der Waals surface area contributed by atoms with Gasteiger partial charge in [0, 0.05) is 55.6 Å². The summed E-state index contributed by atoms with van der Waals surface area (Å²) in [5.74, 6) is 28.4. The van der Waals surface area contributed by atoms with Gasteiger partial charge >= 0.3 is 0 Å². The molecule has 0 atom stereocenters. The molecule has 0 spiro atoms. The third kappa shape index (κ3) is 8.88. The first kappa shape index (κ1) is 51.6. The van der Waals surface area contributed by atoms with Crippen molar-refractivity contribution >= 4 is 21.5 Å². The second-order valence-corrected chi connectivity index (χ2v) is 19.3. The van der Waals surface area contributed by atoms with Crippen LogP contribution in [0.3, 0.4) is 0 Å². The second-order valence-electron chi connectivity index (χ2n) is 19.3. The molecule has 11 rings (SSSR count). The van der Waals surface area contributed by atoms with Crippen LogP contribution in [0.4, 0.5) is 0 Å². The van der Waals surface area contributed by atoms with Gasteiger partial charge in [-0.1, -0.05) is 174 Å². The van der Waals surface area contributed by atoms with Crippen LogP contribution in [-0.2, 0) is 0 Å². The highest BCUT2D eigenvalue weighted by Gasteiger charge is 2.23. The first-order valence-corrected chi connectivity index (χ1v) is 26.0. The van der Waals surface area contributed by atoms with E-state index in [1.54, 1.807) is 0 Å². The number of rotatable bonds is 8. The predicted molar refractivity (Wildman–Crippen MR) is 344 cm³/mol. The predicted octanol–water partition coefficient (Wildman–Crippen LogP) is 17.1. The number of hydrogen-bond acceptors (Lipinski definition) is 0. The van der Waals surface area contributed by atoms with E-state index >= 15 is 0 Å². The van der Waals surface area contributed by atoms with E-state index in [0.29, 0.717) is 55.6 Å². The van der Waals surface area contributed by atoms with Gasteiger partial charge in [0.1, 0.15) is 0 Å². The van der Waals surface area contributed by atoms with Gasteiger partial charge in [0.2, 0.25) is 0 Å². The van der Waals surface area contributed by atoms with Crippen LogP contribution in [0.5, 0.6) is 0 Å². The molecule has 0 radical (unpaired) electrons. The van der Waals surface area contributed by atoms with E-state index < -0.39 is 0 Å². The van der Waals surface area contributed by atoms with Crippen molar-refractivity contribution in [3.63, 3.8) is 0 Å². The van der Waals surface area contributed by atoms with Crippen LogP contribution in [-0.4, -0.2) is 0 Å². The van der Waals surface area contributed by atoms with Crippen molar-refractivity contribution in [2.75, 3.05) is 0 Å². The van der Waals surface area contributed by atoms with Crippen LogP contribution >= 0.6 is 0 Å². The Hall–Kier alpha value is -12.5. The van der Waals surface area contributed by atoms with Crippen molar-refractivity contribution in [2.45, 2.75) is 0 Å². The Bertz CT molecular complexity index is 4870. The quantitative estimate of drug-likeness (QED) is 0.105. The molecule has 0 amide bonds. The summed E-state index contributed by atoms with van der Waals surface area (Å²) >= 11 is 0. The standard InChI is InChI=1S/C82H42/c1-11-53-41-42-60(45-58(53)16-6)81-76-33-21-23-35-78(76)82(79-36-24-22-34-77(79)81)66-49-61(59-43-44-75(73-39-27-31-56(14-4)69(73)19-9)80(52-59)74-40-28-32-57(15-5)70(74)20-10)46-62(50-66)63-47-64(71-37-25-29-54(12-2)67(71)17-7)51-65(48-63)72-38-26-30-55(13-3)68(72)18-8/h1-10,21-52H. The summed E-state index contributed by atoms with van der Waals surface area (Å²) in [5.41, 5.74) is 19.8. The molecule has 11 aromatic rings. The monoisotopic (exact) mass is 1030 g/mol. The highest BCUT2D eigenvalue weighted by molar-refractivity contribution is 6.22. The summed E-state index contributed by atoms with van der Waals surface area (Å²) < 4.78 is 0. The van der Waals surface area contributed by atoms with E-state index in [4.69, 9.17) is 64.2 Å². The zero-order valence-electron chi connectivity index (χ0n) is 44.2. The van der Waals surface area contributed by atoms with Gasteiger partial charge in [0.05, 0.1) is 0 Å². The average molecular weight is 1030 g/mol. The van der Waals surface area contributed by atoms with Gasteiger partial charge in [-0.3, -0.25) is 0 Å². The van der Waals surface area contributed by atoms with Gasteiger partial charge in [-0.2, -0.15) is 0 Å². The lowest BCUT2D eigenvalue weighted by Crippen LogP contribution is -1.97. The number of benzene rings is 11. The molecule has 82 heavy (non-hydrogen) atoms. The van der Waals surface area contributed by atoms with E-state index in [9.17, 15) is 0 Å². The normalized spacial score (nSPS) is 10.3. The molecular formula is C82H42. The minimum Gasteiger partial charge on any atom is -0.115 e. The molecule has 0 fully saturated rings. The van der Waals surface area contributed by atoms with E-state index in [0.717, 1.165) is 111 Å². The topological polar surface area (TPSA) is 0 Å². The van der Waals surface area contributed by atoms with Gasteiger partial charge in [0.25, 0.3) is 0 Å². The minimum absolute atomic E-state index is 0.569. The third-order valence-electron chi connectivity index (χ3n) is 15.1. The molecule has 11 aromatic carbocycles. The summed E-state index contributed by atoms with van der Waals surface area (Å²) in [6.07, 6.45) is 61.6. The summed E-state index contributed by atoms with van der Waals surface area (Å²) in [5, 5.41) is 4.08. The second kappa shape index (κ2) is 21.9. The maximum absolute atomic E-state index is 6.35. The molecule has 0 nitrogen and oxygen atoms in total. The molecule has 0 aliphatic heterocycles. The molecule has 0 saturated heterocycles. The molecule has 0 aliphatic rings. The zero-order chi connectivity index (χ0) is 57.0. The summed E-state index contributed by atoms with van der Waals surface area (Å²) in [6, 6.07) is 65.2. The van der Waals surface area contributed by atoms with Crippen molar-refractivity contribution < 1.29 is 0 Å². The zero-order valence-corrected chi connectivity index (χ0v) is 44.2. The minimum atomic E-state index is 0.569. The Morgan fingerprint density at radius 1 is 0.183 bits per heavy atom. The van der Waals surface area contributed by atoms with Crippen LogP contribution in [0.2, 0.25) is 0 Å². The van der Waals surface area contributed by atoms with Gasteiger partial charge < -0.3 is 0 Å². The largest absolute Gasteiger partial charge is 0.115 e. The average Bonchev–Trinajstić information content (AvgIpc) is 3.59. The van der Waals surface area contributed by atoms with Crippen LogP contribution in [0, 0.1) is 123 Å². The van der Waals surface area contributed by atoms with E-state index in [-0.39, 0.29) is 0 Å². The molecule has 0 heterocycles. The molecule has 0 heteroatoms. The molecule has 0 bridgehead atoms. The number of fused-ring (bicyclic) bond motifs is 2. The molecule has 0 aromatic heterocycles. The maximum Gasteiger partial charge on any atom is 0.0477 e. The maximum atomic E-state index is 6.35. The molecule has 0 aliphatic carbocycles. The Kier molecular flexibility index (Phi) is 13.8. The fraction of sp³-hybridized carbons (Fsp3) is 0. The van der Waals surface area contributed by atoms with Crippen LogP contribution in [0.1, 0.15) is 55.6 Å². The molecule has 0 saturated carbocycles. The fourth-order valence-corrected chi connectivity index (χ4v) is 11.3. The lowest BCUT2D eigenvalue weighted by molar-refractivity contribution is 1.50. The molecule has 0 unspecified atom stereocenters. The molecule has 0 N–H and O–H groups in total. The summed E-state index contributed by atoms with van der Waals surface area (Å²) in [7, 11) is 0. The first-order valence-electron chi connectivity index (χ1n) is 26.0. The van der Waals surface area contributed by atoms with Crippen molar-refractivity contribution in [3.8, 4) is 212 Å². The SMILES string of the molecule is C#Cc1ccc(-c2c3ccccc3c(-c3cc(-c4cc(-c5cccc(C#C)c5C#C)cc(-c5cccc(C#C)c5C#C)c4)cc(-c4ccc(-c5cccc(C#C)c5C#C)c(-c5cccc(C#C)c5C#C)c4)c3)c3ccccc23)cc1C#C. The van der Waals surface area contributed by atoms with E-state index in [1.165, 1.54) is 0 Å². The molecular weight excluding hydrogens is 985 g/mol. The van der Waals surface area contributed by atoms with Gasteiger partial charge in [-0.25, -0.2) is 0 Å². The Morgan fingerprint density at radius 3 is 0.951 bits per heavy atom. The number of terminal acetylenes is 10. The van der Waals surface area contributed by atoms with Crippen molar-refractivity contribution in [2.24, 2.45) is 0 Å². The van der Waals surface area contributed by atoms with Crippen molar-refractivity contribution in [1.29, 1.82) is 0 Å². The Balaban J connectivity index is 1.28. The fourth-order valence-electron chi connectivity index (χ4n) is 11.3. The highest BCUT2D eigenvalue weighted by Crippen LogP contribution is 2.48. The smallest absolute Gasteiger partial charge is 0.0477 e. The van der Waals surface area contributed by atoms with Crippen LogP contribution < -0.4 is 0 Å². The lowest BCUT2D eigenvalue weighted by Gasteiger charge is -2.21. The third-order valence-corrected chi connectivity index (χ3v) is 15.1. The Labute approximate surface area is 481 Å². The highest BCUT2D eigenvalue weighted by atomic mass is 14.3. The summed E-state index contributed by atoms with van der Waals surface area (Å²) in [4.78, 5) is 0. The van der Waals surface area contributed by atoms with Crippen molar-refractivity contribution in [3.05, 3.63) is 250 Å². The Morgan fingerprint density at radius 2 is 0.524 bits per heavy atom. The lowest BCUT2D eigenvalue weighted by atomic mass is 9.82. The first-order chi connectivity index (χ1) is 40.2. The van der Waals surface area contributed by atoms with Gasteiger partial charge in [0.15, 0.2) is 0 Å². The van der Waals surface area contributed by atoms with Crippen LogP contribution in [0.25, 0.3) is 111 Å². The number of hydrogen-bond donors (Lipinski definition) is 0. The van der Waals surface area contributed by atoms with Gasteiger partial charge in [-0.15, -0.1) is 64.2 Å². The molecule has 370 valence electrons. The van der Waals surface area contributed by atoms with E-state index in [2.05, 4.69) is 162 Å². The van der Waals surface area contributed by atoms with Crippen LogP contribution in [0.15, 0.2) is 194 Å². The summed E-state index contributed by atoms with van der Waals surface area (Å²) in [6.45, 7) is 0. The van der Waals surface area contributed by atoms with E-state index in [1.807, 2.05) is 91.0 Å².